The topological polar surface area (TPSA) is 38.9 Å². The molecule has 0 saturated carbocycles. The van der Waals surface area contributed by atoms with E-state index in [2.05, 4.69) is 306 Å². The molecule has 564 valence electrons. The minimum absolute atomic E-state index is 1.06. The van der Waals surface area contributed by atoms with E-state index >= 15 is 0 Å². The quantitative estimate of drug-likeness (QED) is 0.0624. The second kappa shape index (κ2) is 96.1. The largest absolute Gasteiger partial charge is 0.309 e. The number of unbranched alkanes of at least 4 members (excludes halogenated alkanes) is 8. The summed E-state index contributed by atoms with van der Waals surface area (Å²) in [5.41, 5.74) is 1.40. The molecule has 0 amide bonds. The first kappa shape index (κ1) is 109. The molecule has 92 heavy (non-hydrogen) atoms. The highest BCUT2D eigenvalue weighted by Gasteiger charge is 2.01. The van der Waals surface area contributed by atoms with Gasteiger partial charge in [0.05, 0.1) is 0 Å². The molecule has 0 saturated heterocycles. The molecular formula is C80H184N12. The van der Waals surface area contributed by atoms with E-state index in [0.717, 1.165) is 19.6 Å². The normalized spacial score (nSPS) is 10.8. The third-order valence-electron chi connectivity index (χ3n) is 15.1. The average molecular weight is 1310 g/mol. The van der Waals surface area contributed by atoms with Gasteiger partial charge >= 0.3 is 0 Å². The Labute approximate surface area is 587 Å². The third-order valence-corrected chi connectivity index (χ3v) is 15.1. The smallest absolute Gasteiger partial charge is 0.0230 e. The van der Waals surface area contributed by atoms with E-state index in [1.807, 2.05) is 0 Å². The Bertz CT molecular complexity index is 1210. The van der Waals surface area contributed by atoms with Gasteiger partial charge in [-0.3, -0.25) is 0 Å². The number of nitrogens with zero attached hydrogens (tertiary/aromatic N) is 12. The van der Waals surface area contributed by atoms with Crippen molar-refractivity contribution in [2.24, 2.45) is 0 Å². The molecule has 12 nitrogen and oxygen atoms in total. The van der Waals surface area contributed by atoms with Crippen molar-refractivity contribution < 1.29 is 0 Å². The molecule has 12 heteroatoms. The summed E-state index contributed by atoms with van der Waals surface area (Å²) in [7, 11) is 32.3. The predicted octanol–water partition coefficient (Wildman–Crippen LogP) is 18.0. The Balaban J connectivity index is -0.000000120. The fourth-order valence-electron chi connectivity index (χ4n) is 8.50. The number of hydrogen-bond donors (Lipinski definition) is 0. The Morgan fingerprint density at radius 3 is 0.543 bits per heavy atom. The molecule has 0 aliphatic rings. The number of rotatable bonds is 46. The van der Waals surface area contributed by atoms with Gasteiger partial charge in [0.1, 0.15) is 0 Å². The summed E-state index contributed by atoms with van der Waals surface area (Å²) in [5, 5.41) is 0. The molecule has 0 radical (unpaired) electrons. The van der Waals surface area contributed by atoms with Crippen LogP contribution in [0.1, 0.15) is 258 Å². The zero-order chi connectivity index (χ0) is 72.4. The summed E-state index contributed by atoms with van der Waals surface area (Å²) in [6.45, 7) is 61.1. The fraction of sp³-hybridized carbons (Fsp3) is 0.925. The van der Waals surface area contributed by atoms with E-state index in [-0.39, 0.29) is 0 Å². The second-order valence-corrected chi connectivity index (χ2v) is 27.1. The van der Waals surface area contributed by atoms with Crippen LogP contribution in [0.2, 0.25) is 0 Å². The molecule has 1 aromatic carbocycles. The first-order chi connectivity index (χ1) is 43.8. The van der Waals surface area contributed by atoms with E-state index < -0.39 is 0 Å². The first-order valence-electron chi connectivity index (χ1n) is 38.9. The van der Waals surface area contributed by atoms with E-state index in [0.29, 0.717) is 0 Å². The highest BCUT2D eigenvalue weighted by atomic mass is 15.2. The minimum Gasteiger partial charge on any atom is -0.309 e. The van der Waals surface area contributed by atoms with Crippen LogP contribution in [-0.2, 0) is 6.54 Å². The predicted molar refractivity (Wildman–Crippen MR) is 431 cm³/mol. The van der Waals surface area contributed by atoms with Crippen LogP contribution in [0, 0.1) is 0 Å². The van der Waals surface area contributed by atoms with Gasteiger partial charge in [-0.1, -0.05) is 192 Å². The molecule has 0 heterocycles. The van der Waals surface area contributed by atoms with Crippen LogP contribution in [0.5, 0.6) is 0 Å². The molecular weight excluding hydrogens is 1130 g/mol. The molecule has 1 rings (SSSR count). The lowest BCUT2D eigenvalue weighted by Crippen LogP contribution is -2.29. The van der Waals surface area contributed by atoms with E-state index in [9.17, 15) is 0 Å². The second-order valence-electron chi connectivity index (χ2n) is 27.1. The Morgan fingerprint density at radius 2 is 0.380 bits per heavy atom. The van der Waals surface area contributed by atoms with E-state index in [4.69, 9.17) is 0 Å². The highest BCUT2D eigenvalue weighted by Crippen LogP contribution is 2.03. The monoisotopic (exact) mass is 1310 g/mol. The van der Waals surface area contributed by atoms with Gasteiger partial charge in [-0.25, -0.2) is 0 Å². The molecule has 0 unspecified atom stereocenters. The van der Waals surface area contributed by atoms with Gasteiger partial charge in [-0.15, -0.1) is 0 Å². The van der Waals surface area contributed by atoms with Crippen molar-refractivity contribution in [2.45, 2.75) is 259 Å². The summed E-state index contributed by atoms with van der Waals surface area (Å²) < 4.78 is 0. The van der Waals surface area contributed by atoms with Crippen molar-refractivity contribution in [3.8, 4) is 0 Å². The molecule has 0 aliphatic carbocycles. The van der Waals surface area contributed by atoms with Crippen LogP contribution in [0.4, 0.5) is 0 Å². The molecule has 0 fully saturated rings. The zero-order valence-corrected chi connectivity index (χ0v) is 70.2. The van der Waals surface area contributed by atoms with Crippen molar-refractivity contribution in [3.05, 3.63) is 35.9 Å². The van der Waals surface area contributed by atoms with Crippen LogP contribution in [0.3, 0.4) is 0 Å². The lowest BCUT2D eigenvalue weighted by molar-refractivity contribution is 0.279. The highest BCUT2D eigenvalue weighted by molar-refractivity contribution is 5.14. The molecule has 0 aliphatic heterocycles. The number of hydrogen-bond acceptors (Lipinski definition) is 12. The van der Waals surface area contributed by atoms with Crippen LogP contribution >= 0.6 is 0 Å². The Kier molecular flexibility index (Phi) is 114. The average Bonchev–Trinajstić information content (AvgIpc) is 3.17. The van der Waals surface area contributed by atoms with Crippen LogP contribution in [-0.4, -0.2) is 295 Å². The van der Waals surface area contributed by atoms with Crippen molar-refractivity contribution in [1.29, 1.82) is 0 Å². The fourth-order valence-corrected chi connectivity index (χ4v) is 8.50. The molecule has 1 aromatic rings. The van der Waals surface area contributed by atoms with Crippen molar-refractivity contribution in [3.63, 3.8) is 0 Å². The van der Waals surface area contributed by atoms with E-state index in [1.54, 1.807) is 0 Å². The van der Waals surface area contributed by atoms with Crippen LogP contribution in [0.25, 0.3) is 0 Å². The Hall–Kier alpha value is -1.26. The van der Waals surface area contributed by atoms with Crippen molar-refractivity contribution in [1.82, 2.24) is 58.8 Å². The van der Waals surface area contributed by atoms with Gasteiger partial charge in [0.15, 0.2) is 0 Å². The summed E-state index contributed by atoms with van der Waals surface area (Å²) in [5.74, 6) is 0. The summed E-state index contributed by atoms with van der Waals surface area (Å²) in [6.07, 6.45) is 28.8. The maximum atomic E-state index is 2.42. The maximum Gasteiger partial charge on any atom is 0.0230 e. The Morgan fingerprint density at radius 1 is 0.185 bits per heavy atom. The summed E-state index contributed by atoms with van der Waals surface area (Å²) in [4.78, 5) is 28.0. The third kappa shape index (κ3) is 122. The maximum absolute atomic E-state index is 2.42. The molecule has 0 bridgehead atoms. The van der Waals surface area contributed by atoms with Gasteiger partial charge in [0.25, 0.3) is 0 Å². The molecule has 0 atom stereocenters. The lowest BCUT2D eigenvalue weighted by atomic mass is 10.2. The van der Waals surface area contributed by atoms with Crippen LogP contribution < -0.4 is 0 Å². The minimum atomic E-state index is 1.06. The van der Waals surface area contributed by atoms with Gasteiger partial charge in [0.2, 0.25) is 0 Å². The molecule has 0 N–H and O–H groups in total. The standard InChI is InChI=1S/C11H17N.2C9H22N2.C9H21N.4C8H19N.2C5H13N/c1-3-9-12(2)10-11-7-5-4-6-8-11;2*1-5-6-7-11(4)9-8-10(2)3;1-4-6-8-10(3)9-7-5-2;4*1-4-6-8-9(3)7-5-2;1-4-5-6(2)3;1-4-6(3)5-2/h4-8H,3,9-10H2,1-2H3;2*5-9H2,1-4H3;4-9H2,1-3H3;4*4-8H2,1-3H3;2*4-5H2,1-3H3. The van der Waals surface area contributed by atoms with Gasteiger partial charge < -0.3 is 58.8 Å². The SMILES string of the molecule is CCCCN(C)CCC.CCCCN(C)CCC.CCCCN(C)CCC.CCCCN(C)CCC.CCCCN(C)CCCC.CCCCN(C)CCN(C)C.CCCCN(C)CCN(C)C.CCCN(C)C.CCCN(C)Cc1ccccc1.CCN(C)CC. The van der Waals surface area contributed by atoms with Gasteiger partial charge in [-0.05, 0) is 306 Å². The summed E-state index contributed by atoms with van der Waals surface area (Å²) in [6, 6.07) is 10.6. The number of benzene rings is 1. The van der Waals surface area contributed by atoms with Gasteiger partial charge in [-0.2, -0.15) is 0 Å². The zero-order valence-electron chi connectivity index (χ0n) is 70.2. The van der Waals surface area contributed by atoms with Gasteiger partial charge in [0, 0.05) is 32.7 Å². The van der Waals surface area contributed by atoms with E-state index in [1.165, 1.54) is 265 Å². The first-order valence-corrected chi connectivity index (χ1v) is 38.9. The number of likely N-dealkylation sites (N-methyl/N-ethyl adjacent to an activating group) is 4. The lowest BCUT2D eigenvalue weighted by Gasteiger charge is -2.18. The molecule has 0 spiro atoms. The van der Waals surface area contributed by atoms with Crippen molar-refractivity contribution in [2.75, 3.05) is 237 Å². The van der Waals surface area contributed by atoms with Crippen LogP contribution in [0.15, 0.2) is 30.3 Å². The van der Waals surface area contributed by atoms with Crippen molar-refractivity contribution >= 4 is 0 Å². The molecule has 0 aromatic heterocycles. The summed E-state index contributed by atoms with van der Waals surface area (Å²) >= 11 is 0.